The van der Waals surface area contributed by atoms with Gasteiger partial charge in [0.2, 0.25) is 5.90 Å². The summed E-state index contributed by atoms with van der Waals surface area (Å²) in [5.41, 5.74) is 1.05. The molecule has 0 radical (unpaired) electrons. The molecule has 1 saturated carbocycles. The Morgan fingerprint density at radius 2 is 2.12 bits per heavy atom. The van der Waals surface area contributed by atoms with Gasteiger partial charge in [0.1, 0.15) is 0 Å². The van der Waals surface area contributed by atoms with Crippen LogP contribution in [0.1, 0.15) is 47.3 Å². The molecule has 0 saturated heterocycles. The van der Waals surface area contributed by atoms with Crippen LogP contribution in [0.15, 0.2) is 24.9 Å². The fourth-order valence-corrected chi connectivity index (χ4v) is 3.60. The van der Waals surface area contributed by atoms with Crippen molar-refractivity contribution in [3.63, 3.8) is 0 Å². The van der Waals surface area contributed by atoms with Gasteiger partial charge in [-0.1, -0.05) is 18.9 Å². The molecule has 1 unspecified atom stereocenters. The van der Waals surface area contributed by atoms with Crippen molar-refractivity contribution in [2.24, 2.45) is 5.92 Å². The summed E-state index contributed by atoms with van der Waals surface area (Å²) in [7, 11) is 0. The molecule has 2 aliphatic rings. The minimum atomic E-state index is -3.10. The molecule has 1 aromatic rings. The van der Waals surface area contributed by atoms with Crippen molar-refractivity contribution >= 4 is 17.7 Å². The number of fused-ring (bicyclic) bond motifs is 1. The fraction of sp³-hybridized carbons (Fsp3) is 0.444. The van der Waals surface area contributed by atoms with Gasteiger partial charge in [-0.25, -0.2) is 0 Å². The molecule has 1 aliphatic heterocycles. The van der Waals surface area contributed by atoms with Gasteiger partial charge in [0.15, 0.2) is 0 Å². The average Bonchev–Trinajstić information content (AvgIpc) is 2.97. The molecule has 26 heavy (non-hydrogen) atoms. The lowest BCUT2D eigenvalue weighted by Crippen LogP contribution is -2.42. The first-order chi connectivity index (χ1) is 12.4. The van der Waals surface area contributed by atoms with Crippen LogP contribution in [0.25, 0.3) is 0 Å². The third-order valence-electron chi connectivity index (χ3n) is 4.94. The molecule has 2 heterocycles. The number of amides is 1. The normalized spacial score (nSPS) is 22.3. The zero-order chi connectivity index (χ0) is 18.8. The molecule has 2 N–H and O–H groups in total. The van der Waals surface area contributed by atoms with Gasteiger partial charge in [0.25, 0.3) is 11.8 Å². The first-order valence-electron chi connectivity index (χ1n) is 8.48. The van der Waals surface area contributed by atoms with Crippen LogP contribution in [-0.4, -0.2) is 40.1 Å². The van der Waals surface area contributed by atoms with E-state index in [2.05, 4.69) is 16.3 Å². The lowest BCUT2D eigenvalue weighted by atomic mass is 9.83. The molecule has 0 spiro atoms. The number of carbonyl (C=O) groups excluding carboxylic acids is 1. The largest absolute Gasteiger partial charge is 0.419 e. The predicted octanol–water partition coefficient (Wildman–Crippen LogP) is 3.37. The maximum atomic E-state index is 12.8. The van der Waals surface area contributed by atoms with Gasteiger partial charge < -0.3 is 9.64 Å². The van der Waals surface area contributed by atoms with Crippen molar-refractivity contribution in [3.05, 3.63) is 41.7 Å². The second kappa shape index (κ2) is 7.31. The number of carbonyl (C=O) groups is 1. The highest BCUT2D eigenvalue weighted by atomic mass is 19.3. The Bertz CT molecular complexity index is 766. The SMILES string of the molecule is C=C[C@@H]1CCCCC1N1Cc2ncc(C(=N)OC(=N)C(F)F)cc2C1=O. The zero-order valence-corrected chi connectivity index (χ0v) is 14.2. The molecule has 2 atom stereocenters. The van der Waals surface area contributed by atoms with Gasteiger partial charge in [0.05, 0.1) is 23.4 Å². The summed E-state index contributed by atoms with van der Waals surface area (Å²) in [5.74, 6) is -1.86. The number of alkyl halides is 2. The van der Waals surface area contributed by atoms with Crippen LogP contribution in [0, 0.1) is 16.7 Å². The van der Waals surface area contributed by atoms with Gasteiger partial charge in [0, 0.05) is 12.2 Å². The van der Waals surface area contributed by atoms with E-state index in [0.29, 0.717) is 17.8 Å². The highest BCUT2D eigenvalue weighted by Gasteiger charge is 2.37. The molecule has 6 nitrogen and oxygen atoms in total. The van der Waals surface area contributed by atoms with E-state index in [1.54, 1.807) is 4.90 Å². The Hall–Kier alpha value is -2.64. The van der Waals surface area contributed by atoms with Crippen molar-refractivity contribution in [1.82, 2.24) is 9.88 Å². The molecular weight excluding hydrogens is 342 g/mol. The first kappa shape index (κ1) is 18.2. The molecule has 1 aliphatic carbocycles. The summed E-state index contributed by atoms with van der Waals surface area (Å²) < 4.78 is 29.3. The van der Waals surface area contributed by atoms with Gasteiger partial charge >= 0.3 is 6.43 Å². The third kappa shape index (κ3) is 3.36. The number of halogens is 2. The van der Waals surface area contributed by atoms with E-state index in [0.717, 1.165) is 25.7 Å². The monoisotopic (exact) mass is 362 g/mol. The molecule has 0 aromatic carbocycles. The van der Waals surface area contributed by atoms with E-state index in [1.165, 1.54) is 12.3 Å². The van der Waals surface area contributed by atoms with Gasteiger partial charge in [-0.2, -0.15) is 8.78 Å². The van der Waals surface area contributed by atoms with Crippen LogP contribution in [0.4, 0.5) is 8.78 Å². The Balaban J connectivity index is 1.79. The Morgan fingerprint density at radius 3 is 2.81 bits per heavy atom. The van der Waals surface area contributed by atoms with Crippen molar-refractivity contribution in [2.45, 2.75) is 44.7 Å². The molecule has 3 rings (SSSR count). The number of rotatable bonds is 4. The minimum Gasteiger partial charge on any atom is -0.419 e. The van der Waals surface area contributed by atoms with E-state index >= 15 is 0 Å². The topological polar surface area (TPSA) is 90.1 Å². The quantitative estimate of drug-likeness (QED) is 0.489. The van der Waals surface area contributed by atoms with Crippen molar-refractivity contribution in [3.8, 4) is 0 Å². The van der Waals surface area contributed by atoms with E-state index < -0.39 is 18.2 Å². The number of nitrogens with one attached hydrogen (secondary N) is 2. The van der Waals surface area contributed by atoms with Crippen molar-refractivity contribution < 1.29 is 18.3 Å². The van der Waals surface area contributed by atoms with Crippen LogP contribution in [0.2, 0.25) is 0 Å². The van der Waals surface area contributed by atoms with Crippen LogP contribution < -0.4 is 0 Å². The smallest absolute Gasteiger partial charge is 0.312 e. The minimum absolute atomic E-state index is 0.0779. The highest BCUT2D eigenvalue weighted by molar-refractivity contribution is 6.03. The Morgan fingerprint density at radius 1 is 1.38 bits per heavy atom. The van der Waals surface area contributed by atoms with E-state index in [9.17, 15) is 13.6 Å². The summed E-state index contributed by atoms with van der Waals surface area (Å²) in [4.78, 5) is 18.8. The average molecular weight is 362 g/mol. The standard InChI is InChI=1S/C18H20F2N4O2/c1-2-10-5-3-4-6-14(10)24-9-13-12(18(24)25)7-11(8-23-13)16(21)26-17(22)15(19)20/h2,7-8,10,14-15,21-22H,1,3-6,9H2/t10-,14?/m1/s1. The number of hydrogen-bond donors (Lipinski definition) is 2. The predicted molar refractivity (Wildman–Crippen MR) is 91.7 cm³/mol. The summed E-state index contributed by atoms with van der Waals surface area (Å²) >= 11 is 0. The fourth-order valence-electron chi connectivity index (χ4n) is 3.60. The summed E-state index contributed by atoms with van der Waals surface area (Å²) in [5, 5.41) is 14.7. The lowest BCUT2D eigenvalue weighted by Gasteiger charge is -2.36. The van der Waals surface area contributed by atoms with E-state index in [1.807, 2.05) is 6.08 Å². The van der Waals surface area contributed by atoms with Crippen LogP contribution in [0.5, 0.6) is 0 Å². The molecule has 1 amide bonds. The van der Waals surface area contributed by atoms with Crippen LogP contribution in [0.3, 0.4) is 0 Å². The van der Waals surface area contributed by atoms with Crippen LogP contribution >= 0.6 is 0 Å². The van der Waals surface area contributed by atoms with Gasteiger partial charge in [-0.05, 0) is 24.8 Å². The second-order valence-electron chi connectivity index (χ2n) is 6.50. The van der Waals surface area contributed by atoms with E-state index in [-0.39, 0.29) is 23.4 Å². The first-order valence-corrected chi connectivity index (χ1v) is 8.48. The zero-order valence-electron chi connectivity index (χ0n) is 14.2. The summed E-state index contributed by atoms with van der Waals surface area (Å²) in [6, 6.07) is 1.51. The number of nitrogens with zero attached hydrogens (tertiary/aromatic N) is 2. The highest BCUT2D eigenvalue weighted by Crippen LogP contribution is 2.34. The van der Waals surface area contributed by atoms with E-state index in [4.69, 9.17) is 10.8 Å². The number of hydrogen-bond acceptors (Lipinski definition) is 5. The van der Waals surface area contributed by atoms with Crippen molar-refractivity contribution in [2.75, 3.05) is 0 Å². The Kier molecular flexibility index (Phi) is 5.11. The number of pyridine rings is 1. The maximum Gasteiger partial charge on any atom is 0.312 e. The number of ether oxygens (including phenoxy) is 1. The molecule has 1 fully saturated rings. The maximum absolute atomic E-state index is 12.8. The second-order valence-corrected chi connectivity index (χ2v) is 6.50. The van der Waals surface area contributed by atoms with Crippen LogP contribution in [-0.2, 0) is 11.3 Å². The lowest BCUT2D eigenvalue weighted by molar-refractivity contribution is 0.0604. The van der Waals surface area contributed by atoms with Crippen molar-refractivity contribution in [1.29, 1.82) is 10.8 Å². The van der Waals surface area contributed by atoms with Gasteiger partial charge in [-0.3, -0.25) is 20.6 Å². The molecular formula is C18H20F2N4O2. The summed E-state index contributed by atoms with van der Waals surface area (Å²) in [6.45, 7) is 4.27. The molecule has 8 heteroatoms. The van der Waals surface area contributed by atoms with Gasteiger partial charge in [-0.15, -0.1) is 6.58 Å². The Labute approximate surface area is 149 Å². The molecule has 0 bridgehead atoms. The third-order valence-corrected chi connectivity index (χ3v) is 4.94. The number of aromatic nitrogens is 1. The molecule has 138 valence electrons. The molecule has 1 aromatic heterocycles. The summed E-state index contributed by atoms with van der Waals surface area (Å²) in [6.07, 6.45) is 4.20.